The van der Waals surface area contributed by atoms with E-state index in [1.807, 2.05) is 0 Å². The summed E-state index contributed by atoms with van der Waals surface area (Å²) < 4.78 is 62.8. The predicted molar refractivity (Wildman–Crippen MR) is 61.6 cm³/mol. The molecule has 1 heterocycles. The van der Waals surface area contributed by atoms with E-state index in [4.69, 9.17) is 11.6 Å². The zero-order valence-electron chi connectivity index (χ0n) is 9.24. The van der Waals surface area contributed by atoms with Crippen molar-refractivity contribution in [3.8, 4) is 0 Å². The summed E-state index contributed by atoms with van der Waals surface area (Å²) in [6, 6.07) is 2.73. The van der Waals surface area contributed by atoms with E-state index in [0.717, 1.165) is 0 Å². The molecule has 0 N–H and O–H groups in total. The molecule has 1 aliphatic carbocycles. The maximum atomic E-state index is 12.3. The van der Waals surface area contributed by atoms with Crippen LogP contribution in [-0.2, 0) is 20.7 Å². The summed E-state index contributed by atoms with van der Waals surface area (Å²) >= 11 is 5.66. The van der Waals surface area contributed by atoms with Gasteiger partial charge in [0.25, 0.3) is 0 Å². The van der Waals surface area contributed by atoms with Gasteiger partial charge in [-0.25, -0.2) is 4.98 Å². The van der Waals surface area contributed by atoms with Crippen molar-refractivity contribution in [2.24, 2.45) is 0 Å². The number of rotatable bonds is 2. The van der Waals surface area contributed by atoms with Gasteiger partial charge in [-0.15, -0.1) is 0 Å². The average Bonchev–Trinajstić information content (AvgIpc) is 2.26. The molecule has 0 fully saturated rings. The highest BCUT2D eigenvalue weighted by molar-refractivity contribution is 7.87. The molecule has 0 bridgehead atoms. The van der Waals surface area contributed by atoms with Crippen molar-refractivity contribution in [1.29, 1.82) is 0 Å². The quantitative estimate of drug-likeness (QED) is 0.478. The highest BCUT2D eigenvalue weighted by atomic mass is 35.5. The lowest BCUT2D eigenvalue weighted by atomic mass is 10.0. The van der Waals surface area contributed by atoms with Crippen LogP contribution in [0.1, 0.15) is 17.7 Å². The van der Waals surface area contributed by atoms with E-state index >= 15 is 0 Å². The van der Waals surface area contributed by atoms with E-state index in [1.54, 1.807) is 0 Å². The molecule has 0 unspecified atom stereocenters. The SMILES string of the molecule is O=S(=O)(OC1=CCCc2nc(Cl)ccc21)C(F)(F)F. The fourth-order valence-corrected chi connectivity index (χ4v) is 2.24. The average molecular weight is 314 g/mol. The number of halogens is 4. The zero-order chi connectivity index (χ0) is 14.3. The summed E-state index contributed by atoms with van der Waals surface area (Å²) in [5, 5.41) is 0.179. The Kier molecular flexibility index (Phi) is 3.48. The predicted octanol–water partition coefficient (Wildman–Crippen LogP) is 2.89. The zero-order valence-corrected chi connectivity index (χ0v) is 10.8. The van der Waals surface area contributed by atoms with Crippen LogP contribution in [0.2, 0.25) is 5.15 Å². The normalized spacial score (nSPS) is 15.7. The highest BCUT2D eigenvalue weighted by Crippen LogP contribution is 2.33. The maximum Gasteiger partial charge on any atom is 0.534 e. The van der Waals surface area contributed by atoms with Crippen LogP contribution in [0.3, 0.4) is 0 Å². The van der Waals surface area contributed by atoms with E-state index in [0.29, 0.717) is 18.5 Å². The van der Waals surface area contributed by atoms with Gasteiger partial charge in [-0.1, -0.05) is 11.6 Å². The lowest BCUT2D eigenvalue weighted by Gasteiger charge is -2.18. The smallest absolute Gasteiger partial charge is 0.376 e. The molecule has 0 saturated carbocycles. The van der Waals surface area contributed by atoms with E-state index < -0.39 is 15.6 Å². The van der Waals surface area contributed by atoms with Crippen LogP contribution in [0.15, 0.2) is 18.2 Å². The summed E-state index contributed by atoms with van der Waals surface area (Å²) in [5.41, 5.74) is -4.86. The minimum absolute atomic E-state index is 0.179. The molecule has 0 saturated heterocycles. The van der Waals surface area contributed by atoms with Gasteiger partial charge in [-0.2, -0.15) is 21.6 Å². The summed E-state index contributed by atoms with van der Waals surface area (Å²) in [6.45, 7) is 0. The van der Waals surface area contributed by atoms with E-state index in [1.165, 1.54) is 18.2 Å². The lowest BCUT2D eigenvalue weighted by molar-refractivity contribution is -0.0509. The Hall–Kier alpha value is -1.28. The third-order valence-corrected chi connectivity index (χ3v) is 3.58. The molecule has 19 heavy (non-hydrogen) atoms. The van der Waals surface area contributed by atoms with Crippen LogP contribution < -0.4 is 0 Å². The Morgan fingerprint density at radius 1 is 1.32 bits per heavy atom. The van der Waals surface area contributed by atoms with Crippen molar-refractivity contribution in [2.45, 2.75) is 18.3 Å². The minimum Gasteiger partial charge on any atom is -0.376 e. The van der Waals surface area contributed by atoms with Crippen molar-refractivity contribution < 1.29 is 25.8 Å². The monoisotopic (exact) mass is 313 g/mol. The van der Waals surface area contributed by atoms with Crippen LogP contribution in [0.4, 0.5) is 13.2 Å². The third kappa shape index (κ3) is 2.84. The van der Waals surface area contributed by atoms with Crippen LogP contribution in [-0.4, -0.2) is 18.9 Å². The molecule has 0 amide bonds. The van der Waals surface area contributed by atoms with E-state index in [9.17, 15) is 21.6 Å². The first-order chi connectivity index (χ1) is 8.71. The first-order valence-electron chi connectivity index (χ1n) is 5.07. The van der Waals surface area contributed by atoms with Crippen molar-refractivity contribution in [3.05, 3.63) is 34.6 Å². The van der Waals surface area contributed by atoms with Gasteiger partial charge in [0.15, 0.2) is 0 Å². The van der Waals surface area contributed by atoms with E-state index in [-0.39, 0.29) is 16.5 Å². The van der Waals surface area contributed by atoms with Gasteiger partial charge in [-0.05, 0) is 31.1 Å². The van der Waals surface area contributed by atoms with Crippen molar-refractivity contribution >= 4 is 27.5 Å². The largest absolute Gasteiger partial charge is 0.534 e. The fourth-order valence-electron chi connectivity index (χ4n) is 1.58. The standard InChI is InChI=1S/C10H7ClF3NO3S/c11-9-5-4-6-7(15-9)2-1-3-8(6)18-19(16,17)10(12,13)14/h3-5H,1-2H2. The number of aryl methyl sites for hydroxylation is 1. The summed E-state index contributed by atoms with van der Waals surface area (Å²) in [6.07, 6.45) is 2.05. The molecule has 9 heteroatoms. The molecule has 0 aliphatic heterocycles. The number of allylic oxidation sites excluding steroid dienone is 1. The van der Waals surface area contributed by atoms with Crippen molar-refractivity contribution in [2.75, 3.05) is 0 Å². The number of fused-ring (bicyclic) bond motifs is 1. The molecular formula is C10H7ClF3NO3S. The number of aromatic nitrogens is 1. The van der Waals surface area contributed by atoms with Crippen molar-refractivity contribution in [1.82, 2.24) is 4.98 Å². The molecule has 4 nitrogen and oxygen atoms in total. The Morgan fingerprint density at radius 3 is 2.63 bits per heavy atom. The third-order valence-electron chi connectivity index (χ3n) is 2.40. The lowest BCUT2D eigenvalue weighted by Crippen LogP contribution is -2.25. The second-order valence-electron chi connectivity index (χ2n) is 3.72. The summed E-state index contributed by atoms with van der Waals surface area (Å²) in [5.74, 6) is -0.372. The van der Waals surface area contributed by atoms with Crippen LogP contribution >= 0.6 is 11.6 Å². The molecular weight excluding hydrogens is 307 g/mol. The fraction of sp³-hybridized carbons (Fsp3) is 0.300. The van der Waals surface area contributed by atoms with Crippen LogP contribution in [0.5, 0.6) is 0 Å². The number of alkyl halides is 3. The summed E-state index contributed by atoms with van der Waals surface area (Å²) in [4.78, 5) is 3.92. The maximum absolute atomic E-state index is 12.3. The first kappa shape index (κ1) is 14.1. The second-order valence-corrected chi connectivity index (χ2v) is 5.64. The molecule has 0 atom stereocenters. The second kappa shape index (κ2) is 4.68. The topological polar surface area (TPSA) is 56.3 Å². The van der Waals surface area contributed by atoms with Gasteiger partial charge in [-0.3, -0.25) is 0 Å². The number of pyridine rings is 1. The number of hydrogen-bond acceptors (Lipinski definition) is 4. The van der Waals surface area contributed by atoms with Gasteiger partial charge < -0.3 is 4.18 Å². The Labute approximate surface area is 112 Å². The molecule has 0 aromatic carbocycles. The van der Waals surface area contributed by atoms with Crippen molar-refractivity contribution in [3.63, 3.8) is 0 Å². The minimum atomic E-state index is -5.68. The van der Waals surface area contributed by atoms with Crippen LogP contribution in [0.25, 0.3) is 5.76 Å². The Bertz CT molecular complexity index is 640. The Balaban J connectivity index is 2.37. The van der Waals surface area contributed by atoms with Gasteiger partial charge in [0.05, 0.1) is 5.69 Å². The molecule has 0 radical (unpaired) electrons. The first-order valence-corrected chi connectivity index (χ1v) is 6.86. The van der Waals surface area contributed by atoms with Gasteiger partial charge in [0.2, 0.25) is 0 Å². The highest BCUT2D eigenvalue weighted by Gasteiger charge is 2.49. The molecule has 1 aliphatic rings. The number of hydrogen-bond donors (Lipinski definition) is 0. The molecule has 1 aromatic heterocycles. The molecule has 104 valence electrons. The molecule has 2 rings (SSSR count). The van der Waals surface area contributed by atoms with E-state index in [2.05, 4.69) is 9.17 Å². The van der Waals surface area contributed by atoms with Gasteiger partial charge in [0.1, 0.15) is 10.9 Å². The Morgan fingerprint density at radius 2 is 2.00 bits per heavy atom. The van der Waals surface area contributed by atoms with Gasteiger partial charge >= 0.3 is 15.6 Å². The molecule has 1 aromatic rings. The van der Waals surface area contributed by atoms with Crippen LogP contribution in [0, 0.1) is 0 Å². The summed E-state index contributed by atoms with van der Waals surface area (Å²) in [7, 11) is -5.68. The van der Waals surface area contributed by atoms with Gasteiger partial charge in [0, 0.05) is 5.56 Å². The molecule has 0 spiro atoms. The number of nitrogens with zero attached hydrogens (tertiary/aromatic N) is 1.